The number of nitrogens with one attached hydrogen (secondary N) is 2. The molecule has 8 heteroatoms. The van der Waals surface area contributed by atoms with Crippen molar-refractivity contribution in [2.45, 2.75) is 13.3 Å². The number of amides is 1. The van der Waals surface area contributed by atoms with E-state index < -0.39 is 27.5 Å². The summed E-state index contributed by atoms with van der Waals surface area (Å²) in [5.41, 5.74) is 1.48. The van der Waals surface area contributed by atoms with Crippen molar-refractivity contribution in [2.75, 3.05) is 15.8 Å². The Kier molecular flexibility index (Phi) is 5.09. The molecule has 3 rings (SSSR count). The zero-order chi connectivity index (χ0) is 19.6. The van der Waals surface area contributed by atoms with Crippen LogP contribution in [0.2, 0.25) is 0 Å². The Morgan fingerprint density at radius 2 is 1.89 bits per heavy atom. The highest BCUT2D eigenvalue weighted by Gasteiger charge is 2.25. The van der Waals surface area contributed by atoms with Gasteiger partial charge >= 0.3 is 0 Å². The van der Waals surface area contributed by atoms with E-state index in [-0.39, 0.29) is 16.9 Å². The number of anilines is 2. The van der Waals surface area contributed by atoms with Gasteiger partial charge in [-0.1, -0.05) is 6.92 Å². The minimum absolute atomic E-state index is 0.00482. The molecular formula is C19H17FN2O4S. The summed E-state index contributed by atoms with van der Waals surface area (Å²) in [7, 11) is -3.42. The summed E-state index contributed by atoms with van der Waals surface area (Å²) in [4.78, 5) is 24.5. The van der Waals surface area contributed by atoms with Gasteiger partial charge in [-0.05, 0) is 55.0 Å². The lowest BCUT2D eigenvalue weighted by Crippen LogP contribution is -2.16. The van der Waals surface area contributed by atoms with Gasteiger partial charge in [-0.3, -0.25) is 14.3 Å². The molecule has 0 aromatic heterocycles. The van der Waals surface area contributed by atoms with Crippen LogP contribution < -0.4 is 10.0 Å². The molecule has 0 atom stereocenters. The van der Waals surface area contributed by atoms with Crippen LogP contribution >= 0.6 is 0 Å². The first-order valence-corrected chi connectivity index (χ1v) is 9.92. The summed E-state index contributed by atoms with van der Waals surface area (Å²) >= 11 is 0. The second kappa shape index (κ2) is 7.32. The third-order valence-electron chi connectivity index (χ3n) is 3.96. The fourth-order valence-corrected chi connectivity index (χ4v) is 3.85. The maximum Gasteiger partial charge on any atom is 0.256 e. The maximum absolute atomic E-state index is 13.5. The van der Waals surface area contributed by atoms with E-state index in [0.29, 0.717) is 23.4 Å². The quantitative estimate of drug-likeness (QED) is 0.587. The van der Waals surface area contributed by atoms with E-state index in [0.717, 1.165) is 6.08 Å². The third-order valence-corrected chi connectivity index (χ3v) is 5.45. The van der Waals surface area contributed by atoms with Crippen molar-refractivity contribution in [3.05, 3.63) is 65.5 Å². The molecule has 0 unspecified atom stereocenters. The van der Waals surface area contributed by atoms with E-state index in [9.17, 15) is 22.4 Å². The number of fused-ring (bicyclic) bond motifs is 1. The highest BCUT2D eigenvalue weighted by atomic mass is 32.2. The zero-order valence-corrected chi connectivity index (χ0v) is 15.3. The number of sulfonamides is 1. The van der Waals surface area contributed by atoms with Crippen LogP contribution in [-0.2, 0) is 14.8 Å². The summed E-state index contributed by atoms with van der Waals surface area (Å²) < 4.78 is 39.4. The molecule has 1 heterocycles. The molecule has 0 aliphatic carbocycles. The fourth-order valence-electron chi connectivity index (χ4n) is 2.72. The first-order chi connectivity index (χ1) is 12.8. The van der Waals surface area contributed by atoms with E-state index in [1.54, 1.807) is 6.92 Å². The Bertz CT molecular complexity index is 1040. The average molecular weight is 388 g/mol. The van der Waals surface area contributed by atoms with Gasteiger partial charge in [0.15, 0.2) is 5.78 Å². The second-order valence-electron chi connectivity index (χ2n) is 6.06. The summed E-state index contributed by atoms with van der Waals surface area (Å²) in [5, 5.41) is 2.58. The highest BCUT2D eigenvalue weighted by molar-refractivity contribution is 7.92. The molecule has 0 saturated carbocycles. The van der Waals surface area contributed by atoms with Gasteiger partial charge in [0.25, 0.3) is 5.91 Å². The van der Waals surface area contributed by atoms with E-state index >= 15 is 0 Å². The minimum atomic E-state index is -3.42. The molecule has 0 bridgehead atoms. The van der Waals surface area contributed by atoms with Crippen LogP contribution in [0.25, 0.3) is 5.57 Å². The van der Waals surface area contributed by atoms with Crippen molar-refractivity contribution in [1.29, 1.82) is 0 Å². The molecule has 1 amide bonds. The van der Waals surface area contributed by atoms with Crippen molar-refractivity contribution in [3.63, 3.8) is 0 Å². The molecule has 0 saturated heterocycles. The number of benzene rings is 2. The Balaban J connectivity index is 1.82. The number of rotatable bonds is 6. The van der Waals surface area contributed by atoms with Crippen LogP contribution in [0, 0.1) is 5.82 Å². The molecule has 0 radical (unpaired) electrons. The van der Waals surface area contributed by atoms with Gasteiger partial charge in [0.2, 0.25) is 10.0 Å². The first-order valence-electron chi connectivity index (χ1n) is 8.27. The van der Waals surface area contributed by atoms with Crippen molar-refractivity contribution in [3.8, 4) is 0 Å². The van der Waals surface area contributed by atoms with Crippen molar-refractivity contribution >= 4 is 38.7 Å². The van der Waals surface area contributed by atoms with Crippen LogP contribution in [0.4, 0.5) is 15.8 Å². The Hall–Kier alpha value is -3.00. The SMILES string of the molecule is CCCS(=O)(=O)Nc1ccc(C(=O)/C=C2/C(=O)Nc3ccc(F)cc32)cc1. The first kappa shape index (κ1) is 18.8. The van der Waals surface area contributed by atoms with Gasteiger partial charge in [0.1, 0.15) is 5.82 Å². The number of carbonyl (C=O) groups is 2. The van der Waals surface area contributed by atoms with E-state index in [4.69, 9.17) is 0 Å². The second-order valence-corrected chi connectivity index (χ2v) is 7.91. The molecule has 2 aromatic carbocycles. The van der Waals surface area contributed by atoms with Crippen molar-refractivity contribution in [1.82, 2.24) is 0 Å². The van der Waals surface area contributed by atoms with Crippen molar-refractivity contribution in [2.24, 2.45) is 0 Å². The van der Waals surface area contributed by atoms with Crippen LogP contribution in [0.3, 0.4) is 0 Å². The normalized spacial score (nSPS) is 14.7. The standard InChI is InChI=1S/C19H17FN2O4S/c1-2-9-27(25,26)22-14-6-3-12(4-7-14)18(23)11-16-15-10-13(20)5-8-17(15)21-19(16)24/h3-8,10-11,22H,2,9H2,1H3,(H,21,24)/b16-11+. The van der Waals surface area contributed by atoms with E-state index in [1.165, 1.54) is 42.5 Å². The average Bonchev–Trinajstić information content (AvgIpc) is 2.90. The monoisotopic (exact) mass is 388 g/mol. The van der Waals surface area contributed by atoms with Gasteiger partial charge in [-0.15, -0.1) is 0 Å². The number of hydrogen-bond acceptors (Lipinski definition) is 4. The predicted octanol–water partition coefficient (Wildman–Crippen LogP) is 3.20. The fraction of sp³-hybridized carbons (Fsp3) is 0.158. The van der Waals surface area contributed by atoms with Gasteiger partial charge in [-0.25, -0.2) is 12.8 Å². The Morgan fingerprint density at radius 1 is 1.19 bits per heavy atom. The van der Waals surface area contributed by atoms with Gasteiger partial charge in [0.05, 0.1) is 11.3 Å². The smallest absolute Gasteiger partial charge is 0.256 e. The lowest BCUT2D eigenvalue weighted by Gasteiger charge is -2.07. The number of allylic oxidation sites excluding steroid dienone is 1. The lowest BCUT2D eigenvalue weighted by atomic mass is 10.0. The summed E-state index contributed by atoms with van der Waals surface area (Å²) in [6.07, 6.45) is 1.64. The highest BCUT2D eigenvalue weighted by Crippen LogP contribution is 2.32. The van der Waals surface area contributed by atoms with Crippen LogP contribution in [0.5, 0.6) is 0 Å². The molecule has 6 nitrogen and oxygen atoms in total. The molecular weight excluding hydrogens is 371 g/mol. The molecule has 2 N–H and O–H groups in total. The molecule has 1 aliphatic rings. The molecule has 0 spiro atoms. The molecule has 1 aliphatic heterocycles. The maximum atomic E-state index is 13.5. The predicted molar refractivity (Wildman–Crippen MR) is 101 cm³/mol. The third kappa shape index (κ3) is 4.22. The molecule has 2 aromatic rings. The number of ketones is 1. The minimum Gasteiger partial charge on any atom is -0.321 e. The number of carbonyl (C=O) groups excluding carboxylic acids is 2. The zero-order valence-electron chi connectivity index (χ0n) is 14.5. The van der Waals surface area contributed by atoms with Crippen LogP contribution in [0.1, 0.15) is 29.3 Å². The number of halogens is 1. The van der Waals surface area contributed by atoms with Crippen molar-refractivity contribution < 1.29 is 22.4 Å². The van der Waals surface area contributed by atoms with Gasteiger partial charge in [0, 0.05) is 22.5 Å². The van der Waals surface area contributed by atoms with Gasteiger partial charge in [-0.2, -0.15) is 0 Å². The summed E-state index contributed by atoms with van der Waals surface area (Å²) in [5.74, 6) is -1.43. The van der Waals surface area contributed by atoms with Crippen LogP contribution in [0.15, 0.2) is 48.5 Å². The van der Waals surface area contributed by atoms with Gasteiger partial charge < -0.3 is 5.32 Å². The van der Waals surface area contributed by atoms with E-state index in [2.05, 4.69) is 10.0 Å². The summed E-state index contributed by atoms with van der Waals surface area (Å²) in [6, 6.07) is 9.72. The Labute approximate surface area is 156 Å². The molecule has 140 valence electrons. The molecule has 27 heavy (non-hydrogen) atoms. The lowest BCUT2D eigenvalue weighted by molar-refractivity contribution is -0.110. The molecule has 0 fully saturated rings. The largest absolute Gasteiger partial charge is 0.321 e. The topological polar surface area (TPSA) is 92.3 Å². The summed E-state index contributed by atoms with van der Waals surface area (Å²) in [6.45, 7) is 1.76. The van der Waals surface area contributed by atoms with Crippen LogP contribution in [-0.4, -0.2) is 25.9 Å². The van der Waals surface area contributed by atoms with E-state index in [1.807, 2.05) is 0 Å². The number of hydrogen-bond donors (Lipinski definition) is 2. The Morgan fingerprint density at radius 3 is 2.56 bits per heavy atom.